The van der Waals surface area contributed by atoms with Crippen molar-refractivity contribution >= 4 is 40.0 Å². The summed E-state index contributed by atoms with van der Waals surface area (Å²) < 4.78 is 16.3. The van der Waals surface area contributed by atoms with E-state index in [1.807, 2.05) is 0 Å². The standard InChI is InChI=1S/C26H20ClFN4O3/c27-18-4-3-5-19(13-18)31-11-10-30(16-25(31)34)26(35)21-12-17(8-9-22(21)28)15-32-23-7-2-1-6-20(23)24(33)14-29-32/h1-9,12-14H,10-11,15-16H2. The van der Waals surface area contributed by atoms with E-state index in [0.29, 0.717) is 27.2 Å². The van der Waals surface area contributed by atoms with Crippen LogP contribution < -0.4 is 10.3 Å². The van der Waals surface area contributed by atoms with Gasteiger partial charge in [0.2, 0.25) is 11.3 Å². The molecule has 1 fully saturated rings. The smallest absolute Gasteiger partial charge is 0.257 e. The van der Waals surface area contributed by atoms with Crippen molar-refractivity contribution in [1.82, 2.24) is 14.7 Å². The Kier molecular flexibility index (Phi) is 6.05. The van der Waals surface area contributed by atoms with Crippen LogP contribution in [0.4, 0.5) is 10.1 Å². The predicted molar refractivity (Wildman–Crippen MR) is 131 cm³/mol. The minimum absolute atomic E-state index is 0.114. The van der Waals surface area contributed by atoms with Gasteiger partial charge in [-0.3, -0.25) is 19.1 Å². The lowest BCUT2D eigenvalue weighted by Crippen LogP contribution is -2.52. The number of rotatable bonds is 4. The second-order valence-electron chi connectivity index (χ2n) is 8.25. The minimum atomic E-state index is -0.666. The number of nitrogens with zero attached hydrogens (tertiary/aromatic N) is 4. The van der Waals surface area contributed by atoms with Gasteiger partial charge in [-0.25, -0.2) is 4.39 Å². The number of amides is 2. The van der Waals surface area contributed by atoms with Gasteiger partial charge in [-0.15, -0.1) is 0 Å². The topological polar surface area (TPSA) is 75.5 Å². The number of aromatic nitrogens is 2. The molecular weight excluding hydrogens is 471 g/mol. The number of fused-ring (bicyclic) bond motifs is 1. The van der Waals surface area contributed by atoms with Crippen LogP contribution in [0.25, 0.3) is 10.9 Å². The third-order valence-corrected chi connectivity index (χ3v) is 6.22. The van der Waals surface area contributed by atoms with Crippen molar-refractivity contribution in [1.29, 1.82) is 0 Å². The van der Waals surface area contributed by atoms with E-state index < -0.39 is 11.7 Å². The number of carbonyl (C=O) groups excluding carboxylic acids is 2. The Morgan fingerprint density at radius 1 is 1.00 bits per heavy atom. The Labute approximate surface area is 205 Å². The number of piperazine rings is 1. The first-order valence-corrected chi connectivity index (χ1v) is 11.4. The Morgan fingerprint density at radius 2 is 1.83 bits per heavy atom. The van der Waals surface area contributed by atoms with Gasteiger partial charge >= 0.3 is 0 Å². The molecule has 2 heterocycles. The summed E-state index contributed by atoms with van der Waals surface area (Å²) >= 11 is 6.04. The van der Waals surface area contributed by atoms with Crippen LogP contribution in [-0.4, -0.2) is 46.1 Å². The highest BCUT2D eigenvalue weighted by atomic mass is 35.5. The third kappa shape index (κ3) is 4.52. The predicted octanol–water partition coefficient (Wildman–Crippen LogP) is 3.73. The molecule has 0 bridgehead atoms. The van der Waals surface area contributed by atoms with Crippen LogP contribution in [0.3, 0.4) is 0 Å². The van der Waals surface area contributed by atoms with E-state index in [4.69, 9.17) is 11.6 Å². The lowest BCUT2D eigenvalue weighted by Gasteiger charge is -2.34. The summed E-state index contributed by atoms with van der Waals surface area (Å²) in [7, 11) is 0. The largest absolute Gasteiger partial charge is 0.327 e. The van der Waals surface area contributed by atoms with Crippen LogP contribution in [-0.2, 0) is 11.3 Å². The summed E-state index contributed by atoms with van der Waals surface area (Å²) in [6.07, 6.45) is 1.24. The van der Waals surface area contributed by atoms with E-state index in [9.17, 15) is 18.8 Å². The van der Waals surface area contributed by atoms with Gasteiger partial charge in [-0.2, -0.15) is 5.10 Å². The van der Waals surface area contributed by atoms with Crippen molar-refractivity contribution in [2.45, 2.75) is 6.54 Å². The second-order valence-corrected chi connectivity index (χ2v) is 8.69. The van der Waals surface area contributed by atoms with Gasteiger partial charge in [-0.05, 0) is 48.0 Å². The van der Waals surface area contributed by atoms with E-state index in [0.717, 1.165) is 0 Å². The molecule has 0 spiro atoms. The maximum absolute atomic E-state index is 14.7. The molecule has 176 valence electrons. The normalized spacial score (nSPS) is 13.9. The summed E-state index contributed by atoms with van der Waals surface area (Å²) in [6, 6.07) is 18.3. The average molecular weight is 491 g/mol. The van der Waals surface area contributed by atoms with Gasteiger partial charge in [0.05, 0.1) is 23.8 Å². The molecule has 5 rings (SSSR count). The molecule has 0 aliphatic carbocycles. The van der Waals surface area contributed by atoms with Gasteiger partial charge < -0.3 is 9.80 Å². The maximum atomic E-state index is 14.7. The molecule has 1 aliphatic heterocycles. The van der Waals surface area contributed by atoms with Gasteiger partial charge in [0.1, 0.15) is 12.4 Å². The molecule has 0 N–H and O–H groups in total. The SMILES string of the molecule is O=C(c1cc(Cn2ncc(=O)c3ccccc32)ccc1F)N1CCN(c2cccc(Cl)c2)C(=O)C1. The van der Waals surface area contributed by atoms with E-state index in [-0.39, 0.29) is 43.1 Å². The zero-order valence-corrected chi connectivity index (χ0v) is 19.3. The van der Waals surface area contributed by atoms with E-state index in [1.165, 1.54) is 23.2 Å². The number of anilines is 1. The summed E-state index contributed by atoms with van der Waals surface area (Å²) in [5, 5.41) is 5.23. The van der Waals surface area contributed by atoms with Crippen molar-refractivity contribution in [2.24, 2.45) is 0 Å². The van der Waals surface area contributed by atoms with Crippen LogP contribution >= 0.6 is 11.6 Å². The maximum Gasteiger partial charge on any atom is 0.257 e. The van der Waals surface area contributed by atoms with E-state index in [2.05, 4.69) is 5.10 Å². The summed E-state index contributed by atoms with van der Waals surface area (Å²) in [6.45, 7) is 0.607. The highest BCUT2D eigenvalue weighted by Gasteiger charge is 2.30. The van der Waals surface area contributed by atoms with Crippen molar-refractivity contribution < 1.29 is 14.0 Å². The molecule has 1 aromatic heterocycles. The first-order valence-electron chi connectivity index (χ1n) is 11.0. The number of hydrogen-bond donors (Lipinski definition) is 0. The van der Waals surface area contributed by atoms with Gasteiger partial charge in [0, 0.05) is 29.2 Å². The molecule has 0 unspecified atom stereocenters. The van der Waals surface area contributed by atoms with Gasteiger partial charge in [0.15, 0.2) is 0 Å². The Hall–Kier alpha value is -4.04. The van der Waals surface area contributed by atoms with Crippen LogP contribution in [0, 0.1) is 5.82 Å². The van der Waals surface area contributed by atoms with E-state index >= 15 is 0 Å². The molecule has 35 heavy (non-hydrogen) atoms. The quantitative estimate of drug-likeness (QED) is 0.437. The third-order valence-electron chi connectivity index (χ3n) is 5.98. The molecule has 0 radical (unpaired) electrons. The Morgan fingerprint density at radius 3 is 2.63 bits per heavy atom. The zero-order valence-electron chi connectivity index (χ0n) is 18.5. The van der Waals surface area contributed by atoms with Crippen LogP contribution in [0.15, 0.2) is 77.7 Å². The number of halogens is 2. The Balaban J connectivity index is 1.37. The summed E-state index contributed by atoms with van der Waals surface area (Å²) in [4.78, 5) is 40.9. The van der Waals surface area contributed by atoms with Crippen LogP contribution in [0.5, 0.6) is 0 Å². The van der Waals surface area contributed by atoms with Gasteiger partial charge in [-0.1, -0.05) is 35.9 Å². The zero-order chi connectivity index (χ0) is 24.5. The summed E-state index contributed by atoms with van der Waals surface area (Å²) in [5.41, 5.74) is 1.63. The van der Waals surface area contributed by atoms with Crippen LogP contribution in [0.1, 0.15) is 15.9 Å². The molecule has 2 amide bonds. The fraction of sp³-hybridized carbons (Fsp3) is 0.154. The second kappa shape index (κ2) is 9.31. The van der Waals surface area contributed by atoms with Crippen molar-refractivity contribution in [2.75, 3.05) is 24.5 Å². The monoisotopic (exact) mass is 490 g/mol. The van der Waals surface area contributed by atoms with Gasteiger partial charge in [0.25, 0.3) is 5.91 Å². The molecular formula is C26H20ClFN4O3. The molecule has 1 saturated heterocycles. The summed E-state index contributed by atoms with van der Waals surface area (Å²) in [5.74, 6) is -1.49. The highest BCUT2D eigenvalue weighted by molar-refractivity contribution is 6.31. The molecule has 4 aromatic rings. The van der Waals surface area contributed by atoms with Crippen molar-refractivity contribution in [3.05, 3.63) is 105 Å². The average Bonchev–Trinajstić information content (AvgIpc) is 2.86. The number of carbonyl (C=O) groups is 2. The van der Waals surface area contributed by atoms with Crippen LogP contribution in [0.2, 0.25) is 5.02 Å². The van der Waals surface area contributed by atoms with E-state index in [1.54, 1.807) is 64.2 Å². The number of benzene rings is 3. The molecule has 7 nitrogen and oxygen atoms in total. The Bertz CT molecular complexity index is 1520. The number of hydrogen-bond acceptors (Lipinski definition) is 4. The first kappa shape index (κ1) is 22.7. The molecule has 0 atom stereocenters. The first-order chi connectivity index (χ1) is 16.9. The molecule has 1 aliphatic rings. The lowest BCUT2D eigenvalue weighted by atomic mass is 10.1. The molecule has 9 heteroatoms. The van der Waals surface area contributed by atoms with Crippen molar-refractivity contribution in [3.63, 3.8) is 0 Å². The number of para-hydroxylation sites is 1. The fourth-order valence-corrected chi connectivity index (χ4v) is 4.41. The molecule has 0 saturated carbocycles. The minimum Gasteiger partial charge on any atom is -0.327 e. The fourth-order valence-electron chi connectivity index (χ4n) is 4.23. The van der Waals surface area contributed by atoms with Crippen molar-refractivity contribution in [3.8, 4) is 0 Å². The highest BCUT2D eigenvalue weighted by Crippen LogP contribution is 2.23. The molecule has 3 aromatic carbocycles. The lowest BCUT2D eigenvalue weighted by molar-refractivity contribution is -0.120.